The average Bonchev–Trinajstić information content (AvgIpc) is 3.66. The Balaban J connectivity index is 1.44. The molecule has 0 aliphatic carbocycles. The minimum atomic E-state index is -4.42. The summed E-state index contributed by atoms with van der Waals surface area (Å²) in [5, 5.41) is 5.97. The van der Waals surface area contributed by atoms with E-state index in [9.17, 15) is 13.0 Å². The van der Waals surface area contributed by atoms with E-state index in [0.29, 0.717) is 41.5 Å². The van der Waals surface area contributed by atoms with E-state index in [4.69, 9.17) is 29.0 Å². The second-order valence-corrected chi connectivity index (χ2v) is 12.9. The lowest BCUT2D eigenvalue weighted by Gasteiger charge is -2.14. The Morgan fingerprint density at radius 3 is 2.60 bits per heavy atom. The summed E-state index contributed by atoms with van der Waals surface area (Å²) in [6.45, 7) is 6.95. The van der Waals surface area contributed by atoms with Gasteiger partial charge in [0, 0.05) is 45.5 Å². The standard InChI is InChI=1S/C30H29N3O7S2/c1-17-11-24-28(19(3)31-17)29(21-6-8-25-27(14-21)40-16-39-25)32-33(24)15-20-5-7-22(26(13-20)38-10-9-37-4)23-12-18(2)41-30(23)42(34,35)36/h5-8,11-14H,9-10,15-16H2,1-4H3,(H,34,35,36). The number of methoxy groups -OCH3 is 1. The molecule has 42 heavy (non-hydrogen) atoms. The molecule has 0 spiro atoms. The molecule has 0 fully saturated rings. The van der Waals surface area contributed by atoms with Crippen molar-refractivity contribution in [3.8, 4) is 39.6 Å². The van der Waals surface area contributed by atoms with Gasteiger partial charge >= 0.3 is 10.1 Å². The van der Waals surface area contributed by atoms with Crippen LogP contribution in [0.15, 0.2) is 52.7 Å². The fourth-order valence-corrected chi connectivity index (χ4v) is 7.19. The summed E-state index contributed by atoms with van der Waals surface area (Å²) in [6, 6.07) is 15.1. The van der Waals surface area contributed by atoms with Crippen molar-refractivity contribution in [2.75, 3.05) is 27.1 Å². The van der Waals surface area contributed by atoms with Gasteiger partial charge in [0.2, 0.25) is 6.79 Å². The van der Waals surface area contributed by atoms with Crippen LogP contribution in [-0.2, 0) is 21.4 Å². The van der Waals surface area contributed by atoms with Gasteiger partial charge in [-0.05, 0) is 62.7 Å². The third-order valence-electron chi connectivity index (χ3n) is 6.96. The Labute approximate surface area is 247 Å². The normalized spacial score (nSPS) is 12.8. The molecule has 218 valence electrons. The highest BCUT2D eigenvalue weighted by Crippen LogP contribution is 2.41. The molecule has 0 unspecified atom stereocenters. The number of aryl methyl sites for hydroxylation is 3. The minimum absolute atomic E-state index is 0.116. The zero-order valence-electron chi connectivity index (χ0n) is 23.5. The first-order chi connectivity index (χ1) is 20.1. The molecule has 0 amide bonds. The highest BCUT2D eigenvalue weighted by molar-refractivity contribution is 7.88. The van der Waals surface area contributed by atoms with Gasteiger partial charge in [0.25, 0.3) is 0 Å². The molecule has 0 saturated heterocycles. The second-order valence-electron chi connectivity index (χ2n) is 10.0. The van der Waals surface area contributed by atoms with E-state index in [0.717, 1.165) is 55.3 Å². The van der Waals surface area contributed by atoms with Crippen molar-refractivity contribution in [1.82, 2.24) is 14.8 Å². The van der Waals surface area contributed by atoms with Gasteiger partial charge in [0.1, 0.15) is 18.1 Å². The molecule has 0 saturated carbocycles. The van der Waals surface area contributed by atoms with Gasteiger partial charge in [-0.15, -0.1) is 11.3 Å². The zero-order valence-corrected chi connectivity index (χ0v) is 25.1. The zero-order chi connectivity index (χ0) is 29.6. The number of hydrogen-bond acceptors (Lipinski definition) is 9. The van der Waals surface area contributed by atoms with Crippen LogP contribution in [0.1, 0.15) is 21.8 Å². The van der Waals surface area contributed by atoms with Gasteiger partial charge < -0.3 is 18.9 Å². The van der Waals surface area contributed by atoms with Gasteiger partial charge in [-0.25, -0.2) is 0 Å². The van der Waals surface area contributed by atoms with Crippen LogP contribution >= 0.6 is 11.3 Å². The maximum absolute atomic E-state index is 12.2. The number of thiophene rings is 1. The first kappa shape index (κ1) is 28.2. The number of hydrogen-bond donors (Lipinski definition) is 1. The Kier molecular flexibility index (Phi) is 7.39. The number of aromatic nitrogens is 3. The summed E-state index contributed by atoms with van der Waals surface area (Å²) in [4.78, 5) is 5.45. The van der Waals surface area contributed by atoms with Gasteiger partial charge in [-0.3, -0.25) is 14.2 Å². The van der Waals surface area contributed by atoms with Crippen LogP contribution in [0.3, 0.4) is 0 Å². The Morgan fingerprint density at radius 1 is 1.00 bits per heavy atom. The summed E-state index contributed by atoms with van der Waals surface area (Å²) in [5.41, 5.74) is 6.20. The Morgan fingerprint density at radius 2 is 1.81 bits per heavy atom. The van der Waals surface area contributed by atoms with E-state index < -0.39 is 10.1 Å². The molecule has 2 aromatic carbocycles. The van der Waals surface area contributed by atoms with Gasteiger partial charge in [-0.2, -0.15) is 13.5 Å². The number of benzene rings is 2. The van der Waals surface area contributed by atoms with Crippen LogP contribution in [0.5, 0.6) is 17.2 Å². The van der Waals surface area contributed by atoms with Crippen molar-refractivity contribution in [1.29, 1.82) is 0 Å². The second kappa shape index (κ2) is 11.0. The summed E-state index contributed by atoms with van der Waals surface area (Å²) < 4.78 is 58.3. The number of ether oxygens (including phenoxy) is 4. The summed E-state index contributed by atoms with van der Waals surface area (Å²) >= 11 is 1.02. The van der Waals surface area contributed by atoms with Crippen molar-refractivity contribution < 1.29 is 31.9 Å². The van der Waals surface area contributed by atoms with Crippen molar-refractivity contribution in [2.24, 2.45) is 0 Å². The van der Waals surface area contributed by atoms with Gasteiger partial charge in [0.05, 0.1) is 18.7 Å². The number of pyridine rings is 1. The van der Waals surface area contributed by atoms with Crippen LogP contribution in [0.25, 0.3) is 33.3 Å². The minimum Gasteiger partial charge on any atom is -0.491 e. The largest absolute Gasteiger partial charge is 0.491 e. The highest BCUT2D eigenvalue weighted by atomic mass is 32.3. The van der Waals surface area contributed by atoms with E-state index in [1.807, 2.05) is 61.0 Å². The lowest BCUT2D eigenvalue weighted by atomic mass is 10.0. The van der Waals surface area contributed by atoms with E-state index in [-0.39, 0.29) is 17.6 Å². The van der Waals surface area contributed by atoms with Crippen molar-refractivity contribution in [2.45, 2.75) is 31.5 Å². The molecule has 6 rings (SSSR count). The molecule has 5 aromatic rings. The maximum atomic E-state index is 12.2. The average molecular weight is 608 g/mol. The molecule has 1 aliphatic rings. The van der Waals surface area contributed by atoms with E-state index >= 15 is 0 Å². The molecular formula is C30H29N3O7S2. The maximum Gasteiger partial charge on any atom is 0.304 e. The fourth-order valence-electron chi connectivity index (χ4n) is 5.18. The molecule has 4 heterocycles. The molecule has 0 atom stereocenters. The van der Waals surface area contributed by atoms with Crippen molar-refractivity contribution in [3.05, 3.63) is 70.4 Å². The third kappa shape index (κ3) is 5.34. The quantitative estimate of drug-likeness (QED) is 0.164. The predicted octanol–water partition coefficient (Wildman–Crippen LogP) is 5.80. The SMILES string of the molecule is COCCOc1cc(Cn2nc(-c3ccc4c(c3)OCO4)c3c(C)nc(C)cc32)ccc1-c1cc(C)sc1S(=O)(=O)O. The van der Waals surface area contributed by atoms with Crippen LogP contribution < -0.4 is 14.2 Å². The first-order valence-electron chi connectivity index (χ1n) is 13.2. The number of fused-ring (bicyclic) bond motifs is 2. The smallest absolute Gasteiger partial charge is 0.304 e. The third-order valence-corrected chi connectivity index (χ3v) is 9.37. The molecule has 12 heteroatoms. The van der Waals surface area contributed by atoms with Crippen LogP contribution in [-0.4, -0.2) is 54.9 Å². The number of nitrogens with zero attached hydrogens (tertiary/aromatic N) is 3. The highest BCUT2D eigenvalue weighted by Gasteiger charge is 2.24. The van der Waals surface area contributed by atoms with E-state index in [1.165, 1.54) is 0 Å². The van der Waals surface area contributed by atoms with Crippen molar-refractivity contribution in [3.63, 3.8) is 0 Å². The topological polar surface area (TPSA) is 122 Å². The monoisotopic (exact) mass is 607 g/mol. The van der Waals surface area contributed by atoms with Gasteiger partial charge in [0.15, 0.2) is 15.7 Å². The molecule has 1 N–H and O–H groups in total. The Hall–Kier alpha value is -3.97. The van der Waals surface area contributed by atoms with Crippen LogP contribution in [0, 0.1) is 20.8 Å². The number of rotatable bonds is 9. The molecule has 3 aromatic heterocycles. The van der Waals surface area contributed by atoms with Gasteiger partial charge in [-0.1, -0.05) is 12.1 Å². The van der Waals surface area contributed by atoms with Crippen LogP contribution in [0.4, 0.5) is 0 Å². The fraction of sp³-hybridized carbons (Fsp3) is 0.267. The van der Waals surface area contributed by atoms with Crippen molar-refractivity contribution >= 4 is 32.4 Å². The molecule has 1 aliphatic heterocycles. The lowest BCUT2D eigenvalue weighted by molar-refractivity contribution is 0.146. The predicted molar refractivity (Wildman–Crippen MR) is 159 cm³/mol. The molecular weight excluding hydrogens is 578 g/mol. The molecule has 0 radical (unpaired) electrons. The molecule has 0 bridgehead atoms. The summed E-state index contributed by atoms with van der Waals surface area (Å²) in [7, 11) is -2.84. The first-order valence-corrected chi connectivity index (χ1v) is 15.5. The summed E-state index contributed by atoms with van der Waals surface area (Å²) in [6.07, 6.45) is 0. The lowest BCUT2D eigenvalue weighted by Crippen LogP contribution is -2.07. The van der Waals surface area contributed by atoms with E-state index in [1.54, 1.807) is 20.1 Å². The Bertz CT molecular complexity index is 1930. The van der Waals surface area contributed by atoms with E-state index in [2.05, 4.69) is 0 Å². The molecule has 10 nitrogen and oxygen atoms in total. The van der Waals surface area contributed by atoms with Crippen LogP contribution in [0.2, 0.25) is 0 Å². The summed E-state index contributed by atoms with van der Waals surface area (Å²) in [5.74, 6) is 1.86.